The number of hydrogen-bond acceptors (Lipinski definition) is 4. The van der Waals surface area contributed by atoms with Crippen molar-refractivity contribution in [1.82, 2.24) is 5.43 Å². The van der Waals surface area contributed by atoms with Crippen molar-refractivity contribution in [1.29, 1.82) is 0 Å². The van der Waals surface area contributed by atoms with Crippen molar-refractivity contribution in [3.63, 3.8) is 0 Å². The molecule has 1 aromatic carbocycles. The predicted octanol–water partition coefficient (Wildman–Crippen LogP) is 1.000. The Labute approximate surface area is 101 Å². The van der Waals surface area contributed by atoms with Crippen LogP contribution in [0.5, 0.6) is 5.75 Å². The van der Waals surface area contributed by atoms with Gasteiger partial charge in [0.25, 0.3) is 0 Å². The van der Waals surface area contributed by atoms with Gasteiger partial charge in [-0.05, 0) is 30.7 Å². The van der Waals surface area contributed by atoms with Crippen molar-refractivity contribution in [3.8, 4) is 5.75 Å². The Morgan fingerprint density at radius 1 is 1.47 bits per heavy atom. The molecule has 0 fully saturated rings. The van der Waals surface area contributed by atoms with E-state index in [1.807, 2.05) is 13.8 Å². The van der Waals surface area contributed by atoms with Crippen LogP contribution in [-0.2, 0) is 11.2 Å². The second-order valence-electron chi connectivity index (χ2n) is 2.94. The highest BCUT2D eigenvalue weighted by atomic mass is 16.3. The summed E-state index contributed by atoms with van der Waals surface area (Å²) in [6, 6.07) is 5.15. The molecule has 0 spiro atoms. The van der Waals surface area contributed by atoms with Crippen LogP contribution in [0.3, 0.4) is 0 Å². The number of carbonyl (C=O) groups is 1. The zero-order valence-corrected chi connectivity index (χ0v) is 10.2. The molecular weight excluding hydrogens is 218 g/mol. The molecule has 17 heavy (non-hydrogen) atoms. The molecule has 0 aromatic heterocycles. The number of hydrogen-bond donors (Lipinski definition) is 3. The van der Waals surface area contributed by atoms with Gasteiger partial charge in [-0.25, -0.2) is 5.43 Å². The van der Waals surface area contributed by atoms with Crippen LogP contribution in [0.25, 0.3) is 0 Å². The fourth-order valence-electron chi connectivity index (χ4n) is 1.17. The zero-order chi connectivity index (χ0) is 13.1. The number of phenols is 1. The number of hydrazone groups is 1. The van der Waals surface area contributed by atoms with E-state index in [9.17, 15) is 9.90 Å². The van der Waals surface area contributed by atoms with Gasteiger partial charge in [0, 0.05) is 5.56 Å². The Morgan fingerprint density at radius 2 is 2.18 bits per heavy atom. The molecule has 1 aromatic rings. The Hall–Kier alpha value is -1.88. The monoisotopic (exact) mass is 237 g/mol. The lowest BCUT2D eigenvalue weighted by Gasteiger charge is -2.02. The molecule has 0 radical (unpaired) electrons. The van der Waals surface area contributed by atoms with Crippen LogP contribution in [-0.4, -0.2) is 24.3 Å². The lowest BCUT2D eigenvalue weighted by atomic mass is 10.1. The van der Waals surface area contributed by atoms with Crippen LogP contribution in [0.2, 0.25) is 0 Å². The standard InChI is InChI=1S/C10H13N3O2.C2H6/c11-4-3-8-1-2-10(15)9(5-8)6-12-13-7-14;1-2/h1-2,5-7,15H,3-4,11H2,(H,13,14);1-2H3/b12-6+;. The van der Waals surface area contributed by atoms with Crippen LogP contribution >= 0.6 is 0 Å². The van der Waals surface area contributed by atoms with Gasteiger partial charge in [-0.2, -0.15) is 5.10 Å². The van der Waals surface area contributed by atoms with E-state index < -0.39 is 0 Å². The summed E-state index contributed by atoms with van der Waals surface area (Å²) in [4.78, 5) is 9.95. The highest BCUT2D eigenvalue weighted by Crippen LogP contribution is 2.16. The minimum atomic E-state index is 0.118. The van der Waals surface area contributed by atoms with Crippen molar-refractivity contribution in [2.75, 3.05) is 6.54 Å². The molecular formula is C12H19N3O2. The van der Waals surface area contributed by atoms with Crippen LogP contribution in [0.4, 0.5) is 0 Å². The summed E-state index contributed by atoms with van der Waals surface area (Å²) >= 11 is 0. The lowest BCUT2D eigenvalue weighted by molar-refractivity contribution is -0.109. The smallest absolute Gasteiger partial charge is 0.227 e. The molecule has 5 nitrogen and oxygen atoms in total. The van der Waals surface area contributed by atoms with E-state index in [0.717, 1.165) is 12.0 Å². The minimum absolute atomic E-state index is 0.118. The number of benzene rings is 1. The maximum Gasteiger partial charge on any atom is 0.227 e. The first-order valence-electron chi connectivity index (χ1n) is 5.52. The van der Waals surface area contributed by atoms with E-state index in [0.29, 0.717) is 18.5 Å². The molecule has 0 aliphatic heterocycles. The Bertz CT molecular complexity index is 365. The summed E-state index contributed by atoms with van der Waals surface area (Å²) in [5.74, 6) is 0.118. The molecule has 0 aliphatic rings. The SMILES string of the molecule is CC.NCCc1ccc(O)c(/C=N/NC=O)c1. The summed E-state index contributed by atoms with van der Waals surface area (Å²) in [6.45, 7) is 4.55. The van der Waals surface area contributed by atoms with E-state index in [2.05, 4.69) is 10.5 Å². The third kappa shape index (κ3) is 5.67. The largest absolute Gasteiger partial charge is 0.507 e. The number of amides is 1. The quantitative estimate of drug-likeness (QED) is 0.405. The number of carbonyl (C=O) groups excluding carboxylic acids is 1. The molecule has 0 unspecified atom stereocenters. The van der Waals surface area contributed by atoms with Gasteiger partial charge in [0.1, 0.15) is 5.75 Å². The molecule has 5 heteroatoms. The maximum atomic E-state index is 9.95. The number of nitrogens with one attached hydrogen (secondary N) is 1. The van der Waals surface area contributed by atoms with Crippen molar-refractivity contribution in [3.05, 3.63) is 29.3 Å². The molecule has 0 atom stereocenters. The molecule has 94 valence electrons. The molecule has 0 heterocycles. The average Bonchev–Trinajstić information content (AvgIpc) is 2.36. The number of nitrogens with zero attached hydrogens (tertiary/aromatic N) is 1. The topological polar surface area (TPSA) is 87.7 Å². The summed E-state index contributed by atoms with van der Waals surface area (Å²) in [6.07, 6.45) is 2.57. The molecule has 1 rings (SSSR count). The van der Waals surface area contributed by atoms with Gasteiger partial charge in [-0.15, -0.1) is 0 Å². The van der Waals surface area contributed by atoms with Gasteiger partial charge in [0.15, 0.2) is 0 Å². The van der Waals surface area contributed by atoms with Gasteiger partial charge < -0.3 is 10.8 Å². The van der Waals surface area contributed by atoms with E-state index >= 15 is 0 Å². The Balaban J connectivity index is 0.00000121. The van der Waals surface area contributed by atoms with E-state index in [-0.39, 0.29) is 5.75 Å². The zero-order valence-electron chi connectivity index (χ0n) is 10.2. The first kappa shape index (κ1) is 15.1. The van der Waals surface area contributed by atoms with Crippen molar-refractivity contribution < 1.29 is 9.90 Å². The van der Waals surface area contributed by atoms with Crippen molar-refractivity contribution >= 4 is 12.6 Å². The number of aromatic hydroxyl groups is 1. The summed E-state index contributed by atoms with van der Waals surface area (Å²) in [5, 5.41) is 13.1. The van der Waals surface area contributed by atoms with Gasteiger partial charge >= 0.3 is 0 Å². The molecule has 4 N–H and O–H groups in total. The van der Waals surface area contributed by atoms with Gasteiger partial charge in [-0.3, -0.25) is 4.79 Å². The summed E-state index contributed by atoms with van der Waals surface area (Å²) in [7, 11) is 0. The first-order chi connectivity index (χ1) is 8.27. The second-order valence-corrected chi connectivity index (χ2v) is 2.94. The Kier molecular flexibility index (Phi) is 8.32. The number of phenolic OH excluding ortho intramolecular Hbond substituents is 1. The normalized spacial score (nSPS) is 9.59. The molecule has 1 amide bonds. The maximum absolute atomic E-state index is 9.95. The van der Waals surface area contributed by atoms with E-state index in [1.165, 1.54) is 6.21 Å². The van der Waals surface area contributed by atoms with Crippen LogP contribution in [0, 0.1) is 0 Å². The fraction of sp³-hybridized carbons (Fsp3) is 0.333. The van der Waals surface area contributed by atoms with Crippen LogP contribution in [0.1, 0.15) is 25.0 Å². The lowest BCUT2D eigenvalue weighted by Crippen LogP contribution is -2.04. The van der Waals surface area contributed by atoms with Crippen LogP contribution in [0.15, 0.2) is 23.3 Å². The highest BCUT2D eigenvalue weighted by molar-refractivity contribution is 5.83. The fourth-order valence-corrected chi connectivity index (χ4v) is 1.17. The summed E-state index contributed by atoms with van der Waals surface area (Å²) in [5.41, 5.74) is 9.11. The van der Waals surface area contributed by atoms with Crippen molar-refractivity contribution in [2.24, 2.45) is 10.8 Å². The van der Waals surface area contributed by atoms with Crippen LogP contribution < -0.4 is 11.2 Å². The molecule has 0 saturated heterocycles. The van der Waals surface area contributed by atoms with Gasteiger partial charge in [0.05, 0.1) is 6.21 Å². The minimum Gasteiger partial charge on any atom is -0.507 e. The van der Waals surface area contributed by atoms with Crippen molar-refractivity contribution in [2.45, 2.75) is 20.3 Å². The number of rotatable bonds is 5. The van der Waals surface area contributed by atoms with Gasteiger partial charge in [0.2, 0.25) is 6.41 Å². The highest BCUT2D eigenvalue weighted by Gasteiger charge is 1.99. The molecule has 0 saturated carbocycles. The van der Waals surface area contributed by atoms with E-state index in [1.54, 1.807) is 18.2 Å². The molecule has 0 aliphatic carbocycles. The first-order valence-corrected chi connectivity index (χ1v) is 5.52. The predicted molar refractivity (Wildman–Crippen MR) is 69.0 cm³/mol. The third-order valence-electron chi connectivity index (χ3n) is 1.86. The summed E-state index contributed by atoms with van der Waals surface area (Å²) < 4.78 is 0. The number of nitrogens with two attached hydrogens (primary N) is 1. The second kappa shape index (κ2) is 9.35. The van der Waals surface area contributed by atoms with Gasteiger partial charge in [-0.1, -0.05) is 19.9 Å². The Morgan fingerprint density at radius 3 is 2.76 bits per heavy atom. The third-order valence-corrected chi connectivity index (χ3v) is 1.86. The molecule has 0 bridgehead atoms. The average molecular weight is 237 g/mol. The van der Waals surface area contributed by atoms with E-state index in [4.69, 9.17) is 5.73 Å².